The highest BCUT2D eigenvalue weighted by atomic mass is 16.7. The van der Waals surface area contributed by atoms with Crippen molar-refractivity contribution in [2.24, 2.45) is 0 Å². The van der Waals surface area contributed by atoms with E-state index in [0.717, 1.165) is 44.8 Å². The number of ether oxygens (including phenoxy) is 2. The summed E-state index contributed by atoms with van der Waals surface area (Å²) in [6.45, 7) is 5.94. The van der Waals surface area contributed by atoms with E-state index in [9.17, 15) is 0 Å². The Morgan fingerprint density at radius 2 is 2.50 bits per heavy atom. The van der Waals surface area contributed by atoms with Crippen molar-refractivity contribution >= 4 is 0 Å². The molecule has 6 heteroatoms. The molecule has 102 valence electrons. The number of hydrogen-bond donors (Lipinski definition) is 1. The van der Waals surface area contributed by atoms with Gasteiger partial charge < -0.3 is 14.8 Å². The Hall–Kier alpha value is -0.980. The Labute approximate surface area is 108 Å². The van der Waals surface area contributed by atoms with E-state index in [1.807, 2.05) is 10.9 Å². The molecule has 1 N–H and O–H groups in total. The fourth-order valence-electron chi connectivity index (χ4n) is 1.90. The summed E-state index contributed by atoms with van der Waals surface area (Å²) in [5.41, 5.74) is 0.964. The summed E-state index contributed by atoms with van der Waals surface area (Å²) in [5.74, 6) is 0. The summed E-state index contributed by atoms with van der Waals surface area (Å²) >= 11 is 0. The molecule has 1 aliphatic heterocycles. The largest absolute Gasteiger partial charge is 0.353 e. The average molecular weight is 254 g/mol. The van der Waals surface area contributed by atoms with Crippen molar-refractivity contribution < 1.29 is 9.47 Å². The fraction of sp³-hybridized carbons (Fsp3) is 0.833. The second-order valence-corrected chi connectivity index (χ2v) is 4.42. The van der Waals surface area contributed by atoms with Crippen LogP contribution >= 0.6 is 0 Å². The Morgan fingerprint density at radius 1 is 1.56 bits per heavy atom. The molecule has 1 aliphatic rings. The predicted octanol–water partition coefficient (Wildman–Crippen LogP) is 0.931. The van der Waals surface area contributed by atoms with E-state index in [1.165, 1.54) is 6.42 Å². The highest BCUT2D eigenvalue weighted by Crippen LogP contribution is 2.13. The van der Waals surface area contributed by atoms with E-state index in [1.54, 1.807) is 0 Å². The zero-order chi connectivity index (χ0) is 12.6. The molecule has 2 rings (SSSR count). The highest BCUT2D eigenvalue weighted by molar-refractivity contribution is 4.91. The van der Waals surface area contributed by atoms with Gasteiger partial charge in [-0.1, -0.05) is 12.1 Å². The molecule has 6 nitrogen and oxygen atoms in total. The van der Waals surface area contributed by atoms with Crippen LogP contribution < -0.4 is 5.32 Å². The molecule has 1 unspecified atom stereocenters. The predicted molar refractivity (Wildman–Crippen MR) is 66.9 cm³/mol. The molecule has 0 amide bonds. The number of rotatable bonds is 7. The van der Waals surface area contributed by atoms with Crippen molar-refractivity contribution in [1.29, 1.82) is 0 Å². The average Bonchev–Trinajstić information content (AvgIpc) is 2.85. The molecule has 0 radical (unpaired) electrons. The molecule has 1 aromatic heterocycles. The molecule has 18 heavy (non-hydrogen) atoms. The summed E-state index contributed by atoms with van der Waals surface area (Å²) in [5, 5.41) is 11.4. The van der Waals surface area contributed by atoms with Crippen LogP contribution in [-0.4, -0.2) is 41.0 Å². The number of nitrogens with one attached hydrogen (secondary N) is 1. The summed E-state index contributed by atoms with van der Waals surface area (Å²) in [4.78, 5) is 0. The van der Waals surface area contributed by atoms with Crippen LogP contribution in [0.15, 0.2) is 6.20 Å². The van der Waals surface area contributed by atoms with E-state index >= 15 is 0 Å². The first-order valence-electron chi connectivity index (χ1n) is 6.71. The monoisotopic (exact) mass is 254 g/mol. The van der Waals surface area contributed by atoms with Gasteiger partial charge in [-0.05, 0) is 25.8 Å². The third-order valence-corrected chi connectivity index (χ3v) is 2.90. The lowest BCUT2D eigenvalue weighted by Gasteiger charge is -2.22. The van der Waals surface area contributed by atoms with Crippen LogP contribution in [0.5, 0.6) is 0 Å². The minimum Gasteiger partial charge on any atom is -0.353 e. The van der Waals surface area contributed by atoms with Crippen LogP contribution in [0.25, 0.3) is 0 Å². The number of nitrogens with zero attached hydrogens (tertiary/aromatic N) is 3. The van der Waals surface area contributed by atoms with Gasteiger partial charge in [0.15, 0.2) is 6.29 Å². The molecule has 0 saturated carbocycles. The van der Waals surface area contributed by atoms with Gasteiger partial charge in [0.2, 0.25) is 0 Å². The van der Waals surface area contributed by atoms with Crippen LogP contribution in [0, 0.1) is 0 Å². The van der Waals surface area contributed by atoms with Crippen molar-refractivity contribution in [1.82, 2.24) is 20.3 Å². The zero-order valence-electron chi connectivity index (χ0n) is 11.0. The van der Waals surface area contributed by atoms with Crippen molar-refractivity contribution in [2.75, 3.05) is 19.8 Å². The van der Waals surface area contributed by atoms with E-state index in [-0.39, 0.29) is 6.29 Å². The third kappa shape index (κ3) is 4.36. The molecule has 1 fully saturated rings. The molecule has 0 bridgehead atoms. The lowest BCUT2D eigenvalue weighted by atomic mass is 10.2. The van der Waals surface area contributed by atoms with Crippen LogP contribution in [0.3, 0.4) is 0 Å². The van der Waals surface area contributed by atoms with E-state index in [0.29, 0.717) is 6.61 Å². The second-order valence-electron chi connectivity index (χ2n) is 4.42. The minimum atomic E-state index is -0.0245. The van der Waals surface area contributed by atoms with Gasteiger partial charge in [0.05, 0.1) is 18.8 Å². The summed E-state index contributed by atoms with van der Waals surface area (Å²) in [6.07, 6.45) is 5.28. The van der Waals surface area contributed by atoms with Gasteiger partial charge >= 0.3 is 0 Å². The van der Waals surface area contributed by atoms with Gasteiger partial charge in [-0.15, -0.1) is 5.10 Å². The molecule has 0 aliphatic carbocycles. The molecular formula is C12H22N4O2. The van der Waals surface area contributed by atoms with Gasteiger partial charge in [0.25, 0.3) is 0 Å². The van der Waals surface area contributed by atoms with Gasteiger partial charge in [0.1, 0.15) is 0 Å². The Kier molecular flexibility index (Phi) is 5.57. The van der Waals surface area contributed by atoms with E-state index in [2.05, 4.69) is 22.6 Å². The van der Waals surface area contributed by atoms with Gasteiger partial charge in [0, 0.05) is 19.3 Å². The third-order valence-electron chi connectivity index (χ3n) is 2.90. The molecule has 0 aromatic carbocycles. The Balaban J connectivity index is 1.64. The molecule has 2 heterocycles. The van der Waals surface area contributed by atoms with E-state index in [4.69, 9.17) is 9.47 Å². The molecule has 1 saturated heterocycles. The Morgan fingerprint density at radius 3 is 3.28 bits per heavy atom. The standard InChI is InChI=1S/C12H22N4O2/c1-2-13-9-11-10-16(15-14-11)6-8-18-12-5-3-4-7-17-12/h10,12-13H,2-9H2,1H3. The minimum absolute atomic E-state index is 0.0245. The molecule has 1 aromatic rings. The fourth-order valence-corrected chi connectivity index (χ4v) is 1.90. The first-order valence-corrected chi connectivity index (χ1v) is 6.71. The quantitative estimate of drug-likeness (QED) is 0.784. The Bertz CT molecular complexity index is 337. The van der Waals surface area contributed by atoms with Crippen molar-refractivity contribution in [2.45, 2.75) is 45.6 Å². The first-order chi connectivity index (χ1) is 8.88. The van der Waals surface area contributed by atoms with E-state index < -0.39 is 0 Å². The summed E-state index contributed by atoms with van der Waals surface area (Å²) in [6, 6.07) is 0. The highest BCUT2D eigenvalue weighted by Gasteiger charge is 2.13. The topological polar surface area (TPSA) is 61.2 Å². The van der Waals surface area contributed by atoms with Crippen LogP contribution in [-0.2, 0) is 22.6 Å². The summed E-state index contributed by atoms with van der Waals surface area (Å²) in [7, 11) is 0. The van der Waals surface area contributed by atoms with Crippen LogP contribution in [0.4, 0.5) is 0 Å². The van der Waals surface area contributed by atoms with Crippen molar-refractivity contribution in [3.63, 3.8) is 0 Å². The van der Waals surface area contributed by atoms with Crippen LogP contribution in [0.1, 0.15) is 31.9 Å². The first kappa shape index (κ1) is 13.5. The number of aromatic nitrogens is 3. The lowest BCUT2D eigenvalue weighted by molar-refractivity contribution is -0.163. The summed E-state index contributed by atoms with van der Waals surface area (Å²) < 4.78 is 13.0. The van der Waals surface area contributed by atoms with Gasteiger partial charge in [-0.2, -0.15) is 0 Å². The molecular weight excluding hydrogens is 232 g/mol. The van der Waals surface area contributed by atoms with Crippen LogP contribution in [0.2, 0.25) is 0 Å². The maximum Gasteiger partial charge on any atom is 0.157 e. The second kappa shape index (κ2) is 7.45. The van der Waals surface area contributed by atoms with Gasteiger partial charge in [-0.25, -0.2) is 4.68 Å². The smallest absolute Gasteiger partial charge is 0.157 e. The number of hydrogen-bond acceptors (Lipinski definition) is 5. The molecule has 1 atom stereocenters. The maximum absolute atomic E-state index is 5.65. The zero-order valence-corrected chi connectivity index (χ0v) is 11.0. The maximum atomic E-state index is 5.65. The van der Waals surface area contributed by atoms with Crippen molar-refractivity contribution in [3.05, 3.63) is 11.9 Å². The lowest BCUT2D eigenvalue weighted by Crippen LogP contribution is -2.24. The SMILES string of the molecule is CCNCc1cn(CCOC2CCCCO2)nn1. The van der Waals surface area contributed by atoms with Crippen molar-refractivity contribution in [3.8, 4) is 0 Å². The molecule has 0 spiro atoms. The van der Waals surface area contributed by atoms with Gasteiger partial charge in [-0.3, -0.25) is 0 Å². The normalized spacial score (nSPS) is 20.2.